The van der Waals surface area contributed by atoms with E-state index in [9.17, 15) is 18.0 Å². The third kappa shape index (κ3) is 4.10. The van der Waals surface area contributed by atoms with Crippen molar-refractivity contribution < 1.29 is 17.7 Å². The summed E-state index contributed by atoms with van der Waals surface area (Å²) >= 11 is 7.07. The van der Waals surface area contributed by atoms with Crippen molar-refractivity contribution >= 4 is 22.9 Å². The van der Waals surface area contributed by atoms with Gasteiger partial charge < -0.3 is 9.09 Å². The average molecular weight is 390 g/mol. The number of halogens is 4. The summed E-state index contributed by atoms with van der Waals surface area (Å²) in [6.07, 6.45) is -3.12. The van der Waals surface area contributed by atoms with Gasteiger partial charge in [0, 0.05) is 19.2 Å². The highest BCUT2D eigenvalue weighted by atomic mass is 35.5. The zero-order valence-electron chi connectivity index (χ0n) is 12.6. The molecular weight excluding hydrogens is 379 g/mol. The normalized spacial score (nSPS) is 11.8. The van der Waals surface area contributed by atoms with Gasteiger partial charge in [-0.3, -0.25) is 4.79 Å². The summed E-state index contributed by atoms with van der Waals surface area (Å²) in [5.74, 6) is 0.818. The molecule has 132 valence electrons. The van der Waals surface area contributed by atoms with Crippen LogP contribution in [0.3, 0.4) is 0 Å². The van der Waals surface area contributed by atoms with Gasteiger partial charge in [-0.2, -0.15) is 18.2 Å². The lowest BCUT2D eigenvalue weighted by atomic mass is 10.2. The fraction of sp³-hybridized carbons (Fsp3) is 0.267. The highest BCUT2D eigenvalue weighted by Gasteiger charge is 2.32. The Morgan fingerprint density at radius 2 is 2.16 bits per heavy atom. The second-order valence-electron chi connectivity index (χ2n) is 5.17. The molecule has 0 spiro atoms. The van der Waals surface area contributed by atoms with Crippen LogP contribution in [0.15, 0.2) is 39.1 Å². The average Bonchev–Trinajstić information content (AvgIpc) is 3.21. The van der Waals surface area contributed by atoms with Crippen molar-refractivity contribution in [3.05, 3.63) is 56.6 Å². The van der Waals surface area contributed by atoms with Crippen LogP contribution in [0.5, 0.6) is 0 Å². The van der Waals surface area contributed by atoms with Crippen LogP contribution in [0.2, 0.25) is 5.02 Å². The molecular formula is C15H11ClF3N3O2S. The molecule has 3 rings (SSSR count). The quantitative estimate of drug-likeness (QED) is 0.654. The Kier molecular flexibility index (Phi) is 4.96. The topological polar surface area (TPSA) is 60.9 Å². The Morgan fingerprint density at radius 3 is 2.84 bits per heavy atom. The molecule has 0 bridgehead atoms. The van der Waals surface area contributed by atoms with Gasteiger partial charge in [-0.15, -0.1) is 11.3 Å². The lowest BCUT2D eigenvalue weighted by Gasteiger charge is -2.11. The SMILES string of the molecule is O=c1c(Cl)cc(C(F)(F)F)cn1CCCc1nc(-c2cccs2)no1. The van der Waals surface area contributed by atoms with Crippen LogP contribution in [0, 0.1) is 0 Å². The van der Waals surface area contributed by atoms with Crippen LogP contribution in [0.4, 0.5) is 13.2 Å². The van der Waals surface area contributed by atoms with Crippen LogP contribution in [-0.2, 0) is 19.1 Å². The summed E-state index contributed by atoms with van der Waals surface area (Å²) < 4.78 is 44.4. The second kappa shape index (κ2) is 7.01. The molecule has 0 unspecified atom stereocenters. The fourth-order valence-corrected chi connectivity index (χ4v) is 3.06. The van der Waals surface area contributed by atoms with E-state index in [1.165, 1.54) is 11.3 Å². The first-order chi connectivity index (χ1) is 11.8. The van der Waals surface area contributed by atoms with Crippen LogP contribution >= 0.6 is 22.9 Å². The van der Waals surface area contributed by atoms with E-state index in [1.54, 1.807) is 0 Å². The van der Waals surface area contributed by atoms with E-state index >= 15 is 0 Å². The summed E-state index contributed by atoms with van der Waals surface area (Å²) in [7, 11) is 0. The third-order valence-electron chi connectivity index (χ3n) is 3.37. The number of rotatable bonds is 5. The molecule has 0 saturated heterocycles. The Bertz CT molecular complexity index is 919. The zero-order chi connectivity index (χ0) is 18.0. The minimum atomic E-state index is -4.57. The molecule has 25 heavy (non-hydrogen) atoms. The Balaban J connectivity index is 1.68. The predicted molar refractivity (Wildman–Crippen MR) is 86.6 cm³/mol. The first kappa shape index (κ1) is 17.7. The van der Waals surface area contributed by atoms with Gasteiger partial charge in [-0.1, -0.05) is 22.8 Å². The molecule has 0 radical (unpaired) electrons. The second-order valence-corrected chi connectivity index (χ2v) is 6.52. The summed E-state index contributed by atoms with van der Waals surface area (Å²) in [6.45, 7) is 0.0548. The molecule has 0 atom stereocenters. The van der Waals surface area contributed by atoms with Crippen molar-refractivity contribution in [1.29, 1.82) is 0 Å². The van der Waals surface area contributed by atoms with Gasteiger partial charge in [-0.25, -0.2) is 0 Å². The van der Waals surface area contributed by atoms with Crippen molar-refractivity contribution in [1.82, 2.24) is 14.7 Å². The van der Waals surface area contributed by atoms with E-state index in [0.29, 0.717) is 30.6 Å². The van der Waals surface area contributed by atoms with E-state index in [4.69, 9.17) is 16.1 Å². The highest BCUT2D eigenvalue weighted by molar-refractivity contribution is 7.13. The first-order valence-electron chi connectivity index (χ1n) is 7.18. The van der Waals surface area contributed by atoms with Gasteiger partial charge in [0.25, 0.3) is 5.56 Å². The first-order valence-corrected chi connectivity index (χ1v) is 8.44. The third-order valence-corrected chi connectivity index (χ3v) is 4.51. The Hall–Kier alpha value is -2.13. The molecule has 0 amide bonds. The number of hydrogen-bond acceptors (Lipinski definition) is 5. The molecule has 0 aliphatic rings. The molecule has 10 heteroatoms. The monoisotopic (exact) mass is 389 g/mol. The summed E-state index contributed by atoms with van der Waals surface area (Å²) in [4.78, 5) is 16.9. The smallest absolute Gasteiger partial charge is 0.339 e. The molecule has 0 aliphatic heterocycles. The Labute approximate surface area is 148 Å². The number of aryl methyl sites for hydroxylation is 2. The van der Waals surface area contributed by atoms with Crippen LogP contribution in [-0.4, -0.2) is 14.7 Å². The molecule has 0 aromatic carbocycles. The molecule has 0 N–H and O–H groups in total. The van der Waals surface area contributed by atoms with E-state index < -0.39 is 22.3 Å². The van der Waals surface area contributed by atoms with Gasteiger partial charge >= 0.3 is 6.18 Å². The molecule has 0 aliphatic carbocycles. The van der Waals surface area contributed by atoms with E-state index in [2.05, 4.69) is 10.1 Å². The maximum Gasteiger partial charge on any atom is 0.417 e. The number of aromatic nitrogens is 3. The maximum atomic E-state index is 12.8. The molecule has 0 fully saturated rings. The molecule has 3 aromatic heterocycles. The minimum Gasteiger partial charge on any atom is -0.339 e. The molecule has 5 nitrogen and oxygen atoms in total. The lowest BCUT2D eigenvalue weighted by Crippen LogP contribution is -2.23. The Morgan fingerprint density at radius 1 is 1.36 bits per heavy atom. The van der Waals surface area contributed by atoms with E-state index in [1.807, 2.05) is 17.5 Å². The standard InChI is InChI=1S/C15H11ClF3N3O2S/c16-10-7-9(15(17,18)19)8-22(14(10)23)5-1-4-12-20-13(21-24-12)11-3-2-6-25-11/h2-3,6-8H,1,4-5H2. The van der Waals surface area contributed by atoms with Crippen LogP contribution in [0.25, 0.3) is 10.7 Å². The number of alkyl halides is 3. The highest BCUT2D eigenvalue weighted by Crippen LogP contribution is 2.29. The van der Waals surface area contributed by atoms with Gasteiger partial charge in [0.05, 0.1) is 10.4 Å². The predicted octanol–water partition coefficient (Wildman–Crippen LogP) is 4.26. The molecule has 0 saturated carbocycles. The largest absolute Gasteiger partial charge is 0.417 e. The molecule has 3 heterocycles. The number of hydrogen-bond donors (Lipinski definition) is 0. The summed E-state index contributed by atoms with van der Waals surface area (Å²) in [5, 5.41) is 5.27. The lowest BCUT2D eigenvalue weighted by molar-refractivity contribution is -0.138. The van der Waals surface area contributed by atoms with Crippen LogP contribution < -0.4 is 5.56 Å². The van der Waals surface area contributed by atoms with Crippen molar-refractivity contribution in [2.75, 3.05) is 0 Å². The zero-order valence-corrected chi connectivity index (χ0v) is 14.2. The van der Waals surface area contributed by atoms with Crippen molar-refractivity contribution in [3.63, 3.8) is 0 Å². The maximum absolute atomic E-state index is 12.8. The minimum absolute atomic E-state index is 0.0548. The van der Waals surface area contributed by atoms with E-state index in [0.717, 1.165) is 15.6 Å². The number of thiophene rings is 1. The van der Waals surface area contributed by atoms with Gasteiger partial charge in [0.2, 0.25) is 11.7 Å². The number of pyridine rings is 1. The molecule has 3 aromatic rings. The number of nitrogens with zero attached hydrogens (tertiary/aromatic N) is 3. The van der Waals surface area contributed by atoms with Crippen molar-refractivity contribution in [3.8, 4) is 10.7 Å². The van der Waals surface area contributed by atoms with Gasteiger partial charge in [-0.05, 0) is 23.9 Å². The van der Waals surface area contributed by atoms with Gasteiger partial charge in [0.15, 0.2) is 0 Å². The summed E-state index contributed by atoms with van der Waals surface area (Å²) in [6, 6.07) is 4.34. The summed E-state index contributed by atoms with van der Waals surface area (Å²) in [5.41, 5.74) is -1.63. The van der Waals surface area contributed by atoms with Gasteiger partial charge in [0.1, 0.15) is 5.02 Å². The van der Waals surface area contributed by atoms with Crippen molar-refractivity contribution in [2.24, 2.45) is 0 Å². The van der Waals surface area contributed by atoms with Crippen LogP contribution in [0.1, 0.15) is 17.9 Å². The van der Waals surface area contributed by atoms with E-state index in [-0.39, 0.29) is 6.54 Å². The van der Waals surface area contributed by atoms with Crippen molar-refractivity contribution in [2.45, 2.75) is 25.6 Å². The fourth-order valence-electron chi connectivity index (χ4n) is 2.18.